The van der Waals surface area contributed by atoms with Crippen LogP contribution in [0.4, 0.5) is 0 Å². The van der Waals surface area contributed by atoms with Crippen LogP contribution >= 0.6 is 24.0 Å². The Morgan fingerprint density at radius 3 is 2.54 bits per heavy atom. The SMILES string of the molecule is CC(N)C1CCN(C(=O)C2CC(=O)N(C)C2c2cccc(Cl)c2)CC1.Cl. The molecule has 2 N–H and O–H groups in total. The summed E-state index contributed by atoms with van der Waals surface area (Å²) in [7, 11) is 1.77. The highest BCUT2D eigenvalue weighted by molar-refractivity contribution is 6.30. The van der Waals surface area contributed by atoms with E-state index in [1.54, 1.807) is 18.0 Å². The number of hydrogen-bond donors (Lipinski definition) is 1. The van der Waals surface area contributed by atoms with Crippen molar-refractivity contribution in [1.82, 2.24) is 9.80 Å². The van der Waals surface area contributed by atoms with E-state index in [9.17, 15) is 9.59 Å². The molecule has 2 aliphatic rings. The van der Waals surface area contributed by atoms with Gasteiger partial charge in [0.05, 0.1) is 12.0 Å². The van der Waals surface area contributed by atoms with Crippen molar-refractivity contribution < 1.29 is 9.59 Å². The molecule has 0 saturated carbocycles. The fourth-order valence-corrected chi connectivity index (χ4v) is 4.32. The number of benzene rings is 1. The van der Waals surface area contributed by atoms with Gasteiger partial charge in [-0.1, -0.05) is 23.7 Å². The molecule has 26 heavy (non-hydrogen) atoms. The Morgan fingerprint density at radius 1 is 1.31 bits per heavy atom. The molecule has 0 spiro atoms. The van der Waals surface area contributed by atoms with Crippen LogP contribution in [0.5, 0.6) is 0 Å². The number of nitrogens with two attached hydrogens (primary N) is 1. The van der Waals surface area contributed by atoms with Crippen LogP contribution in [-0.4, -0.2) is 47.8 Å². The van der Waals surface area contributed by atoms with Crippen molar-refractivity contribution in [2.24, 2.45) is 17.6 Å². The van der Waals surface area contributed by atoms with Gasteiger partial charge in [0.2, 0.25) is 11.8 Å². The van der Waals surface area contributed by atoms with Crippen molar-refractivity contribution in [3.05, 3.63) is 34.9 Å². The molecule has 144 valence electrons. The quantitative estimate of drug-likeness (QED) is 0.849. The first kappa shape index (κ1) is 21.0. The fourth-order valence-electron chi connectivity index (χ4n) is 4.12. The molecule has 3 rings (SSSR count). The number of rotatable bonds is 3. The van der Waals surface area contributed by atoms with Crippen LogP contribution < -0.4 is 5.73 Å². The first-order valence-electron chi connectivity index (χ1n) is 8.94. The molecule has 1 aromatic rings. The number of halogens is 2. The maximum absolute atomic E-state index is 13.1. The van der Waals surface area contributed by atoms with Gasteiger partial charge in [-0.3, -0.25) is 9.59 Å². The van der Waals surface area contributed by atoms with Gasteiger partial charge >= 0.3 is 0 Å². The maximum Gasteiger partial charge on any atom is 0.228 e. The number of carbonyl (C=O) groups is 2. The molecule has 2 amide bonds. The highest BCUT2D eigenvalue weighted by atomic mass is 35.5. The number of likely N-dealkylation sites (tertiary alicyclic amines) is 2. The van der Waals surface area contributed by atoms with Crippen LogP contribution in [-0.2, 0) is 9.59 Å². The number of hydrogen-bond acceptors (Lipinski definition) is 3. The molecule has 2 aliphatic heterocycles. The molecule has 3 unspecified atom stereocenters. The number of amides is 2. The van der Waals surface area contributed by atoms with Crippen LogP contribution in [0.2, 0.25) is 5.02 Å². The molecule has 0 aromatic heterocycles. The lowest BCUT2D eigenvalue weighted by Gasteiger charge is -2.36. The Balaban J connectivity index is 0.00000243. The Labute approximate surface area is 166 Å². The molecule has 3 atom stereocenters. The van der Waals surface area contributed by atoms with Crippen LogP contribution in [0.3, 0.4) is 0 Å². The largest absolute Gasteiger partial charge is 0.342 e. The summed E-state index contributed by atoms with van der Waals surface area (Å²) in [5.41, 5.74) is 6.91. The summed E-state index contributed by atoms with van der Waals surface area (Å²) in [5, 5.41) is 0.620. The Bertz CT molecular complexity index is 660. The zero-order valence-electron chi connectivity index (χ0n) is 15.2. The molecule has 2 heterocycles. The summed E-state index contributed by atoms with van der Waals surface area (Å²) in [6.45, 7) is 3.48. The van der Waals surface area contributed by atoms with Crippen molar-refractivity contribution in [2.75, 3.05) is 20.1 Å². The zero-order chi connectivity index (χ0) is 18.1. The smallest absolute Gasteiger partial charge is 0.228 e. The predicted molar refractivity (Wildman–Crippen MR) is 105 cm³/mol. The topological polar surface area (TPSA) is 66.6 Å². The molecular formula is C19H27Cl2N3O2. The molecule has 0 bridgehead atoms. The summed E-state index contributed by atoms with van der Waals surface area (Å²) in [5.74, 6) is 0.211. The highest BCUT2D eigenvalue weighted by Gasteiger charge is 2.44. The van der Waals surface area contributed by atoms with Gasteiger partial charge in [-0.05, 0) is 43.4 Å². The fraction of sp³-hybridized carbons (Fsp3) is 0.579. The summed E-state index contributed by atoms with van der Waals surface area (Å²) < 4.78 is 0. The minimum atomic E-state index is -0.345. The maximum atomic E-state index is 13.1. The van der Waals surface area contributed by atoms with Crippen LogP contribution in [0.15, 0.2) is 24.3 Å². The highest BCUT2D eigenvalue weighted by Crippen LogP contribution is 2.39. The molecule has 0 aliphatic carbocycles. The Kier molecular flexibility index (Phi) is 6.94. The van der Waals surface area contributed by atoms with E-state index in [4.69, 9.17) is 17.3 Å². The van der Waals surface area contributed by atoms with Gasteiger partial charge in [-0.2, -0.15) is 0 Å². The standard InChI is InChI=1S/C19H26ClN3O2.ClH/c1-12(21)13-6-8-23(9-7-13)19(25)16-11-17(24)22(2)18(16)14-4-3-5-15(20)10-14;/h3-5,10,12-13,16,18H,6-9,11,21H2,1-2H3;1H. The third kappa shape index (κ3) is 4.16. The second kappa shape index (κ2) is 8.59. The van der Waals surface area contributed by atoms with Crippen molar-refractivity contribution in [3.8, 4) is 0 Å². The van der Waals surface area contributed by atoms with Gasteiger partial charge < -0.3 is 15.5 Å². The van der Waals surface area contributed by atoms with Gasteiger partial charge in [0.15, 0.2) is 0 Å². The average Bonchev–Trinajstić information content (AvgIpc) is 2.89. The second-order valence-corrected chi connectivity index (χ2v) is 7.77. The molecular weight excluding hydrogens is 373 g/mol. The average molecular weight is 400 g/mol. The van der Waals surface area contributed by atoms with Crippen LogP contribution in [0, 0.1) is 11.8 Å². The first-order chi connectivity index (χ1) is 11.9. The second-order valence-electron chi connectivity index (χ2n) is 7.34. The molecule has 5 nitrogen and oxygen atoms in total. The van der Waals surface area contributed by atoms with Gasteiger partial charge in [0.25, 0.3) is 0 Å². The third-order valence-corrected chi connectivity index (χ3v) is 5.92. The molecule has 1 aromatic carbocycles. The number of nitrogens with zero attached hydrogens (tertiary/aromatic N) is 2. The van der Waals surface area contributed by atoms with E-state index in [1.165, 1.54) is 0 Å². The van der Waals surface area contributed by atoms with Crippen molar-refractivity contribution in [3.63, 3.8) is 0 Å². The minimum Gasteiger partial charge on any atom is -0.342 e. The normalized spacial score (nSPS) is 25.2. The van der Waals surface area contributed by atoms with Crippen LogP contribution in [0.25, 0.3) is 0 Å². The van der Waals surface area contributed by atoms with E-state index >= 15 is 0 Å². The third-order valence-electron chi connectivity index (χ3n) is 5.69. The minimum absolute atomic E-state index is 0. The lowest BCUT2D eigenvalue weighted by atomic mass is 9.88. The molecule has 2 fully saturated rings. The number of carbonyl (C=O) groups excluding carboxylic acids is 2. The first-order valence-corrected chi connectivity index (χ1v) is 9.31. The van der Waals surface area contributed by atoms with E-state index in [-0.39, 0.29) is 48.6 Å². The Hall–Kier alpha value is -1.30. The summed E-state index contributed by atoms with van der Waals surface area (Å²) in [6, 6.07) is 7.38. The van der Waals surface area contributed by atoms with Gasteiger partial charge in [0.1, 0.15) is 0 Å². The van der Waals surface area contributed by atoms with E-state index in [0.29, 0.717) is 10.9 Å². The summed E-state index contributed by atoms with van der Waals surface area (Å²) in [6.07, 6.45) is 2.13. The van der Waals surface area contributed by atoms with Crippen molar-refractivity contribution >= 4 is 35.8 Å². The predicted octanol–water partition coefficient (Wildman–Crippen LogP) is 2.87. The van der Waals surface area contributed by atoms with Gasteiger partial charge in [-0.15, -0.1) is 12.4 Å². The van der Waals surface area contributed by atoms with Crippen LogP contribution in [0.1, 0.15) is 37.8 Å². The molecule has 0 radical (unpaired) electrons. The lowest BCUT2D eigenvalue weighted by molar-refractivity contribution is -0.138. The van der Waals surface area contributed by atoms with Gasteiger partial charge in [0, 0.05) is 37.6 Å². The van der Waals surface area contributed by atoms with E-state index in [2.05, 4.69) is 0 Å². The zero-order valence-corrected chi connectivity index (χ0v) is 16.8. The Morgan fingerprint density at radius 2 is 1.96 bits per heavy atom. The molecule has 2 saturated heterocycles. The van der Waals surface area contributed by atoms with E-state index < -0.39 is 0 Å². The van der Waals surface area contributed by atoms with E-state index in [1.807, 2.05) is 30.0 Å². The summed E-state index contributed by atoms with van der Waals surface area (Å²) >= 11 is 6.12. The number of piperidine rings is 1. The van der Waals surface area contributed by atoms with Gasteiger partial charge in [-0.25, -0.2) is 0 Å². The van der Waals surface area contributed by atoms with Crippen molar-refractivity contribution in [2.45, 2.75) is 38.3 Å². The van der Waals surface area contributed by atoms with E-state index in [0.717, 1.165) is 31.5 Å². The molecule has 7 heteroatoms. The summed E-state index contributed by atoms with van der Waals surface area (Å²) in [4.78, 5) is 29.0. The lowest BCUT2D eigenvalue weighted by Crippen LogP contribution is -2.45. The monoisotopic (exact) mass is 399 g/mol. The van der Waals surface area contributed by atoms with Crippen molar-refractivity contribution in [1.29, 1.82) is 0 Å².